The Morgan fingerprint density at radius 3 is 2.32 bits per heavy atom. The quantitative estimate of drug-likeness (QED) is 0.200. The van der Waals surface area contributed by atoms with E-state index >= 15 is 0 Å². The van der Waals surface area contributed by atoms with Gasteiger partial charge in [-0.3, -0.25) is 4.79 Å². The van der Waals surface area contributed by atoms with Gasteiger partial charge in [0.1, 0.15) is 6.54 Å². The number of carbonyl (C=O) groups excluding carboxylic acids is 1. The summed E-state index contributed by atoms with van der Waals surface area (Å²) in [6.07, 6.45) is -4.43. The number of aromatic nitrogens is 1. The fourth-order valence-corrected chi connectivity index (χ4v) is 2.44. The van der Waals surface area contributed by atoms with Gasteiger partial charge in [0, 0.05) is 31.3 Å². The van der Waals surface area contributed by atoms with Crippen LogP contribution in [-0.2, 0) is 12.7 Å². The summed E-state index contributed by atoms with van der Waals surface area (Å²) >= 11 is 0. The van der Waals surface area contributed by atoms with Gasteiger partial charge in [0.25, 0.3) is 5.91 Å². The van der Waals surface area contributed by atoms with E-state index in [1.54, 1.807) is 0 Å². The number of nitrogens with zero attached hydrogens (tertiary/aromatic N) is 2. The molecule has 7 nitrogen and oxygen atoms in total. The summed E-state index contributed by atoms with van der Waals surface area (Å²) in [5.74, 6) is 1.01. The Morgan fingerprint density at radius 1 is 1.13 bits per heavy atom. The van der Waals surface area contributed by atoms with Gasteiger partial charge in [-0.15, -0.1) is 24.0 Å². The van der Waals surface area contributed by atoms with Crippen molar-refractivity contribution in [2.75, 3.05) is 19.6 Å². The van der Waals surface area contributed by atoms with Gasteiger partial charge in [0.05, 0.1) is 11.3 Å². The average molecular weight is 553 g/mol. The average Bonchev–Trinajstić information content (AvgIpc) is 3.18. The molecule has 0 radical (unpaired) electrons. The summed E-state index contributed by atoms with van der Waals surface area (Å²) in [7, 11) is 0. The molecule has 31 heavy (non-hydrogen) atoms. The van der Waals surface area contributed by atoms with E-state index in [-0.39, 0.29) is 42.0 Å². The Labute approximate surface area is 196 Å². The summed E-state index contributed by atoms with van der Waals surface area (Å²) in [6, 6.07) is 5.94. The van der Waals surface area contributed by atoms with Crippen molar-refractivity contribution in [1.82, 2.24) is 21.1 Å². The highest BCUT2D eigenvalue weighted by Gasteiger charge is 2.30. The Hall–Kier alpha value is -2.31. The van der Waals surface area contributed by atoms with Crippen LogP contribution in [0.15, 0.2) is 39.8 Å². The highest BCUT2D eigenvalue weighted by Crippen LogP contribution is 2.29. The standard InChI is InChI=1S/C20H26F3N5O2.HI/c1-4-24-19(27-12-16-11-17(13(2)3)28-30-16)26-10-9-25-18(29)14-5-7-15(8-6-14)20(21,22)23;/h5-8,11,13H,4,9-10,12H2,1-3H3,(H,25,29)(H2,24,26,27);1H. The van der Waals surface area contributed by atoms with Crippen molar-refractivity contribution in [2.24, 2.45) is 4.99 Å². The molecule has 1 amide bonds. The zero-order valence-electron chi connectivity index (χ0n) is 17.5. The Bertz CT molecular complexity index is 851. The number of guanidine groups is 1. The Balaban J connectivity index is 0.00000480. The van der Waals surface area contributed by atoms with Crippen LogP contribution in [0.5, 0.6) is 0 Å². The van der Waals surface area contributed by atoms with Gasteiger partial charge in [-0.25, -0.2) is 4.99 Å². The minimum absolute atomic E-state index is 0. The SMILES string of the molecule is CCNC(=NCc1cc(C(C)C)no1)NCCNC(=O)c1ccc(C(F)(F)F)cc1.I. The Morgan fingerprint density at radius 2 is 1.77 bits per heavy atom. The summed E-state index contributed by atoms with van der Waals surface area (Å²) < 4.78 is 43.0. The van der Waals surface area contributed by atoms with Crippen molar-refractivity contribution in [2.45, 2.75) is 39.4 Å². The van der Waals surface area contributed by atoms with Gasteiger partial charge >= 0.3 is 6.18 Å². The molecule has 0 spiro atoms. The molecule has 11 heteroatoms. The van der Waals surface area contributed by atoms with Gasteiger partial charge in [0.2, 0.25) is 0 Å². The molecule has 0 aliphatic carbocycles. The van der Waals surface area contributed by atoms with Crippen molar-refractivity contribution < 1.29 is 22.5 Å². The van der Waals surface area contributed by atoms with Crippen molar-refractivity contribution in [3.05, 3.63) is 52.9 Å². The molecule has 0 unspecified atom stereocenters. The first-order valence-electron chi connectivity index (χ1n) is 9.63. The largest absolute Gasteiger partial charge is 0.416 e. The molecule has 2 aromatic rings. The van der Waals surface area contributed by atoms with E-state index in [1.807, 2.05) is 26.8 Å². The van der Waals surface area contributed by atoms with Gasteiger partial charge in [-0.05, 0) is 37.1 Å². The fourth-order valence-electron chi connectivity index (χ4n) is 2.44. The number of benzene rings is 1. The number of amides is 1. The lowest BCUT2D eigenvalue weighted by Gasteiger charge is -2.12. The van der Waals surface area contributed by atoms with Crippen LogP contribution in [0.3, 0.4) is 0 Å². The maximum Gasteiger partial charge on any atom is 0.416 e. The van der Waals surface area contributed by atoms with E-state index in [9.17, 15) is 18.0 Å². The van der Waals surface area contributed by atoms with Crippen molar-refractivity contribution in [3.8, 4) is 0 Å². The van der Waals surface area contributed by atoms with Gasteiger partial charge in [-0.1, -0.05) is 19.0 Å². The lowest BCUT2D eigenvalue weighted by molar-refractivity contribution is -0.137. The molecule has 0 aliphatic rings. The molecular formula is C20H27F3IN5O2. The van der Waals surface area contributed by atoms with E-state index in [2.05, 4.69) is 26.1 Å². The maximum atomic E-state index is 12.6. The zero-order valence-corrected chi connectivity index (χ0v) is 19.9. The van der Waals surface area contributed by atoms with Gasteiger partial charge < -0.3 is 20.5 Å². The predicted octanol–water partition coefficient (Wildman–Crippen LogP) is 3.92. The topological polar surface area (TPSA) is 91.6 Å². The van der Waals surface area contributed by atoms with Gasteiger partial charge in [-0.2, -0.15) is 13.2 Å². The van der Waals surface area contributed by atoms with Crippen LogP contribution in [0.4, 0.5) is 13.2 Å². The first-order valence-corrected chi connectivity index (χ1v) is 9.63. The number of rotatable bonds is 8. The van der Waals surface area contributed by atoms with Crippen molar-refractivity contribution >= 4 is 35.8 Å². The molecule has 0 saturated heterocycles. The monoisotopic (exact) mass is 553 g/mol. The lowest BCUT2D eigenvalue weighted by atomic mass is 10.1. The first-order chi connectivity index (χ1) is 14.2. The summed E-state index contributed by atoms with van der Waals surface area (Å²) in [6.45, 7) is 7.58. The second-order valence-electron chi connectivity index (χ2n) is 6.83. The van der Waals surface area contributed by atoms with Crippen LogP contribution in [0.2, 0.25) is 0 Å². The number of carbonyl (C=O) groups is 1. The van der Waals surface area contributed by atoms with Crippen LogP contribution in [0.25, 0.3) is 0 Å². The number of nitrogens with one attached hydrogen (secondary N) is 3. The van der Waals surface area contributed by atoms with Crippen LogP contribution >= 0.6 is 24.0 Å². The fraction of sp³-hybridized carbons (Fsp3) is 0.450. The molecule has 3 N–H and O–H groups in total. The van der Waals surface area contributed by atoms with E-state index in [1.165, 1.54) is 0 Å². The second-order valence-corrected chi connectivity index (χ2v) is 6.83. The van der Waals surface area contributed by atoms with Crippen LogP contribution in [0.1, 0.15) is 54.1 Å². The van der Waals surface area contributed by atoms with Crippen LogP contribution in [0, 0.1) is 0 Å². The molecule has 1 heterocycles. The molecule has 0 fully saturated rings. The van der Waals surface area contributed by atoms with Crippen molar-refractivity contribution in [3.63, 3.8) is 0 Å². The number of halogens is 4. The number of alkyl halides is 3. The highest BCUT2D eigenvalue weighted by atomic mass is 127. The predicted molar refractivity (Wildman–Crippen MR) is 123 cm³/mol. The van der Waals surface area contributed by atoms with E-state index in [4.69, 9.17) is 4.52 Å². The minimum Gasteiger partial charge on any atom is -0.359 e. The van der Waals surface area contributed by atoms with Crippen LogP contribution in [-0.4, -0.2) is 36.7 Å². The molecule has 1 aromatic heterocycles. The van der Waals surface area contributed by atoms with Crippen molar-refractivity contribution in [1.29, 1.82) is 0 Å². The summed E-state index contributed by atoms with van der Waals surface area (Å²) in [4.78, 5) is 16.5. The summed E-state index contributed by atoms with van der Waals surface area (Å²) in [5, 5.41) is 12.8. The highest BCUT2D eigenvalue weighted by molar-refractivity contribution is 14.0. The molecule has 1 aromatic carbocycles. The number of aliphatic imine (C=N–C) groups is 1. The Kier molecular flexibility index (Phi) is 10.8. The third-order valence-electron chi connectivity index (χ3n) is 4.08. The smallest absolute Gasteiger partial charge is 0.359 e. The van der Waals surface area contributed by atoms with Gasteiger partial charge in [0.15, 0.2) is 11.7 Å². The van der Waals surface area contributed by atoms with E-state index < -0.39 is 17.6 Å². The number of hydrogen-bond donors (Lipinski definition) is 3. The molecule has 0 aliphatic heterocycles. The molecule has 0 saturated carbocycles. The van der Waals surface area contributed by atoms with E-state index in [0.717, 1.165) is 30.0 Å². The lowest BCUT2D eigenvalue weighted by Crippen LogP contribution is -2.41. The van der Waals surface area contributed by atoms with Crippen LogP contribution < -0.4 is 16.0 Å². The molecule has 0 atom stereocenters. The molecule has 172 valence electrons. The third-order valence-corrected chi connectivity index (χ3v) is 4.08. The molecular weight excluding hydrogens is 526 g/mol. The number of hydrogen-bond acceptors (Lipinski definition) is 4. The third kappa shape index (κ3) is 8.75. The molecule has 2 rings (SSSR count). The second kappa shape index (κ2) is 12.5. The zero-order chi connectivity index (χ0) is 22.1. The summed E-state index contributed by atoms with van der Waals surface area (Å²) in [5.41, 5.74) is 0.235. The molecule has 0 bridgehead atoms. The minimum atomic E-state index is -4.43. The normalized spacial score (nSPS) is 11.8. The van der Waals surface area contributed by atoms with E-state index in [0.29, 0.717) is 31.4 Å². The first kappa shape index (κ1) is 26.7. The maximum absolute atomic E-state index is 12.6.